The Morgan fingerprint density at radius 2 is 2.00 bits per heavy atom. The van der Waals surface area contributed by atoms with Crippen molar-refractivity contribution in [2.45, 2.75) is 12.6 Å². The van der Waals surface area contributed by atoms with Crippen molar-refractivity contribution in [1.29, 1.82) is 0 Å². The van der Waals surface area contributed by atoms with E-state index in [0.717, 1.165) is 16.9 Å². The van der Waals surface area contributed by atoms with Crippen LogP contribution in [0, 0.1) is 5.82 Å². The Morgan fingerprint density at radius 1 is 1.24 bits per heavy atom. The van der Waals surface area contributed by atoms with Crippen LogP contribution in [0.3, 0.4) is 0 Å². The Labute approximate surface area is 121 Å². The molecule has 0 bridgehead atoms. The molecular weight excluding hydrogens is 271 g/mol. The monoisotopic (exact) mass is 286 g/mol. The van der Waals surface area contributed by atoms with Gasteiger partial charge in [-0.2, -0.15) is 0 Å². The van der Waals surface area contributed by atoms with Crippen LogP contribution in [-0.4, -0.2) is 13.0 Å². The lowest BCUT2D eigenvalue weighted by Gasteiger charge is -2.11. The van der Waals surface area contributed by atoms with E-state index < -0.39 is 6.04 Å². The number of hydrogen-bond donors (Lipinski definition) is 2. The molecular formula is C16H15FN2O2. The molecule has 21 heavy (non-hydrogen) atoms. The fourth-order valence-corrected chi connectivity index (χ4v) is 2.40. The highest BCUT2D eigenvalue weighted by Crippen LogP contribution is 2.31. The summed E-state index contributed by atoms with van der Waals surface area (Å²) < 4.78 is 18.3. The fraction of sp³-hybridized carbons (Fsp3) is 0.188. The molecule has 108 valence electrons. The van der Waals surface area contributed by atoms with E-state index in [1.54, 1.807) is 13.2 Å². The molecule has 1 atom stereocenters. The number of hydrogen-bond acceptors (Lipinski definition) is 3. The highest BCUT2D eigenvalue weighted by atomic mass is 19.1. The zero-order valence-corrected chi connectivity index (χ0v) is 11.5. The van der Waals surface area contributed by atoms with Gasteiger partial charge in [-0.1, -0.05) is 18.2 Å². The summed E-state index contributed by atoms with van der Waals surface area (Å²) in [6.45, 7) is 0.541. The number of amides is 1. The highest BCUT2D eigenvalue weighted by molar-refractivity contribution is 6.02. The van der Waals surface area contributed by atoms with E-state index >= 15 is 0 Å². The van der Waals surface area contributed by atoms with Gasteiger partial charge in [0.1, 0.15) is 17.6 Å². The first-order chi connectivity index (χ1) is 10.2. The van der Waals surface area contributed by atoms with Crippen LogP contribution in [0.2, 0.25) is 0 Å². The summed E-state index contributed by atoms with van der Waals surface area (Å²) in [5.41, 5.74) is 2.35. The number of fused-ring (bicyclic) bond motifs is 1. The van der Waals surface area contributed by atoms with Crippen LogP contribution in [-0.2, 0) is 11.3 Å². The molecule has 0 spiro atoms. The smallest absolute Gasteiger partial charge is 0.246 e. The van der Waals surface area contributed by atoms with Crippen molar-refractivity contribution < 1.29 is 13.9 Å². The summed E-state index contributed by atoms with van der Waals surface area (Å²) in [4.78, 5) is 11.9. The number of rotatable bonds is 4. The van der Waals surface area contributed by atoms with E-state index in [9.17, 15) is 9.18 Å². The van der Waals surface area contributed by atoms with Gasteiger partial charge >= 0.3 is 0 Å². The molecule has 3 rings (SSSR count). The first kappa shape index (κ1) is 13.6. The van der Waals surface area contributed by atoms with Crippen molar-refractivity contribution in [3.05, 3.63) is 59.4 Å². The van der Waals surface area contributed by atoms with Gasteiger partial charge in [0.05, 0.1) is 7.11 Å². The van der Waals surface area contributed by atoms with Crippen molar-refractivity contribution in [1.82, 2.24) is 5.32 Å². The van der Waals surface area contributed by atoms with Crippen molar-refractivity contribution >= 4 is 11.6 Å². The number of carbonyl (C=O) groups excluding carboxylic acids is 1. The highest BCUT2D eigenvalue weighted by Gasteiger charge is 2.30. The van der Waals surface area contributed by atoms with Crippen LogP contribution >= 0.6 is 0 Å². The average Bonchev–Trinajstić information content (AvgIpc) is 2.80. The first-order valence-corrected chi connectivity index (χ1v) is 6.64. The minimum absolute atomic E-state index is 0.163. The second-order valence-corrected chi connectivity index (χ2v) is 4.88. The van der Waals surface area contributed by atoms with Crippen LogP contribution in [0.15, 0.2) is 42.5 Å². The summed E-state index contributed by atoms with van der Waals surface area (Å²) in [5, 5.41) is 5.87. The topological polar surface area (TPSA) is 50.4 Å². The van der Waals surface area contributed by atoms with Crippen LogP contribution in [0.4, 0.5) is 10.1 Å². The number of ether oxygens (including phenoxy) is 1. The molecule has 0 fully saturated rings. The molecule has 0 radical (unpaired) electrons. The summed E-state index contributed by atoms with van der Waals surface area (Å²) in [5.74, 6) is 0.271. The maximum absolute atomic E-state index is 13.2. The predicted molar refractivity (Wildman–Crippen MR) is 77.6 cm³/mol. The Morgan fingerprint density at radius 3 is 2.71 bits per heavy atom. The lowest BCUT2D eigenvalue weighted by molar-refractivity contribution is -0.117. The summed E-state index contributed by atoms with van der Waals surface area (Å²) in [7, 11) is 1.62. The van der Waals surface area contributed by atoms with Gasteiger partial charge < -0.3 is 10.1 Å². The Kier molecular flexibility index (Phi) is 3.58. The third kappa shape index (κ3) is 2.73. The molecule has 1 amide bonds. The first-order valence-electron chi connectivity index (χ1n) is 6.64. The van der Waals surface area contributed by atoms with Gasteiger partial charge in [0.25, 0.3) is 0 Å². The Bertz CT molecular complexity index is 670. The van der Waals surface area contributed by atoms with Gasteiger partial charge in [0.15, 0.2) is 0 Å². The standard InChI is InChI=1S/C16H15FN2O2/c1-21-12-5-2-10(3-6-12)9-18-15-13-7-4-11(17)8-14(13)19-16(15)20/h2-8,15,18H,9H2,1H3,(H,19,20). The number of methoxy groups -OCH3 is 1. The van der Waals surface area contributed by atoms with Gasteiger partial charge in [-0.05, 0) is 29.8 Å². The summed E-state index contributed by atoms with van der Waals surface area (Å²) in [6, 6.07) is 11.5. The zero-order chi connectivity index (χ0) is 14.8. The lowest BCUT2D eigenvalue weighted by atomic mass is 10.1. The molecule has 1 heterocycles. The van der Waals surface area contributed by atoms with Gasteiger partial charge in [-0.25, -0.2) is 4.39 Å². The number of anilines is 1. The number of halogens is 1. The lowest BCUT2D eigenvalue weighted by Crippen LogP contribution is -2.27. The molecule has 2 aromatic carbocycles. The van der Waals surface area contributed by atoms with E-state index in [1.165, 1.54) is 12.1 Å². The van der Waals surface area contributed by atoms with E-state index in [-0.39, 0.29) is 11.7 Å². The number of nitrogens with one attached hydrogen (secondary N) is 2. The second kappa shape index (κ2) is 5.54. The average molecular weight is 286 g/mol. The molecule has 2 N–H and O–H groups in total. The maximum atomic E-state index is 13.2. The predicted octanol–water partition coefficient (Wildman–Crippen LogP) is 2.62. The van der Waals surface area contributed by atoms with Crippen LogP contribution < -0.4 is 15.4 Å². The fourth-order valence-electron chi connectivity index (χ4n) is 2.40. The minimum atomic E-state index is -0.456. The third-order valence-electron chi connectivity index (χ3n) is 3.52. The van der Waals surface area contributed by atoms with Gasteiger partial charge in [-0.3, -0.25) is 10.1 Å². The largest absolute Gasteiger partial charge is 0.497 e. The molecule has 1 unspecified atom stereocenters. The second-order valence-electron chi connectivity index (χ2n) is 4.88. The zero-order valence-electron chi connectivity index (χ0n) is 11.5. The van der Waals surface area contributed by atoms with Crippen LogP contribution in [0.1, 0.15) is 17.2 Å². The summed E-state index contributed by atoms with van der Waals surface area (Å²) in [6.07, 6.45) is 0. The number of benzene rings is 2. The van der Waals surface area contributed by atoms with Gasteiger partial charge in [-0.15, -0.1) is 0 Å². The third-order valence-corrected chi connectivity index (χ3v) is 3.52. The molecule has 0 saturated carbocycles. The van der Waals surface area contributed by atoms with Crippen molar-refractivity contribution in [3.8, 4) is 5.75 Å². The molecule has 0 aromatic heterocycles. The quantitative estimate of drug-likeness (QED) is 0.908. The molecule has 2 aromatic rings. The van der Waals surface area contributed by atoms with Gasteiger partial charge in [0, 0.05) is 17.8 Å². The minimum Gasteiger partial charge on any atom is -0.497 e. The molecule has 1 aliphatic rings. The van der Waals surface area contributed by atoms with Crippen molar-refractivity contribution in [3.63, 3.8) is 0 Å². The summed E-state index contributed by atoms with van der Waals surface area (Å²) >= 11 is 0. The molecule has 1 aliphatic heterocycles. The SMILES string of the molecule is COc1ccc(CNC2C(=O)Nc3cc(F)ccc32)cc1. The molecule has 0 saturated heterocycles. The van der Waals surface area contributed by atoms with Crippen molar-refractivity contribution in [2.75, 3.05) is 12.4 Å². The molecule has 0 aliphatic carbocycles. The van der Waals surface area contributed by atoms with Crippen molar-refractivity contribution in [2.24, 2.45) is 0 Å². The van der Waals surface area contributed by atoms with E-state index in [0.29, 0.717) is 12.2 Å². The van der Waals surface area contributed by atoms with Crippen LogP contribution in [0.25, 0.3) is 0 Å². The molecule has 5 heteroatoms. The maximum Gasteiger partial charge on any atom is 0.246 e. The van der Waals surface area contributed by atoms with Gasteiger partial charge in [0.2, 0.25) is 5.91 Å². The number of carbonyl (C=O) groups is 1. The molecule has 4 nitrogen and oxygen atoms in total. The van der Waals surface area contributed by atoms with E-state index in [2.05, 4.69) is 10.6 Å². The van der Waals surface area contributed by atoms with E-state index in [1.807, 2.05) is 24.3 Å². The van der Waals surface area contributed by atoms with Crippen LogP contribution in [0.5, 0.6) is 5.75 Å². The Balaban J connectivity index is 1.72. The Hall–Kier alpha value is -2.40. The van der Waals surface area contributed by atoms with E-state index in [4.69, 9.17) is 4.74 Å². The normalized spacial score (nSPS) is 16.5.